The van der Waals surface area contributed by atoms with Crippen molar-refractivity contribution in [3.8, 4) is 0 Å². The first kappa shape index (κ1) is 22.9. The zero-order chi connectivity index (χ0) is 23.0. The number of thioether (sulfide) groups is 1. The Bertz CT molecular complexity index is 1340. The van der Waals surface area contributed by atoms with Gasteiger partial charge in [0.2, 0.25) is 0 Å². The largest absolute Gasteiger partial charge is 0.339 e. The van der Waals surface area contributed by atoms with Crippen molar-refractivity contribution in [1.29, 1.82) is 0 Å². The molecule has 0 aliphatic carbocycles. The highest BCUT2D eigenvalue weighted by atomic mass is 32.2. The number of aryl methyl sites for hydroxylation is 1. The molecule has 10 heteroatoms. The van der Waals surface area contributed by atoms with Gasteiger partial charge in [-0.05, 0) is 61.4 Å². The molecule has 1 saturated heterocycles. The molecule has 2 aromatic carbocycles. The number of anilines is 1. The SMILES string of the molecule is CSc1ccc(S(=O)(=O)Nc2ccc3c(c2)sc(=O)n3C)cc1C(=O)N1CCC(C)CC1. The normalized spacial score (nSPS) is 15.3. The zero-order valence-electron chi connectivity index (χ0n) is 18.1. The molecule has 0 radical (unpaired) electrons. The molecule has 4 rings (SSSR count). The van der Waals surface area contributed by atoms with Crippen molar-refractivity contribution >= 4 is 54.9 Å². The van der Waals surface area contributed by atoms with E-state index in [9.17, 15) is 18.0 Å². The van der Waals surface area contributed by atoms with Crippen molar-refractivity contribution in [3.63, 3.8) is 0 Å². The maximum Gasteiger partial charge on any atom is 0.307 e. The minimum Gasteiger partial charge on any atom is -0.339 e. The van der Waals surface area contributed by atoms with Crippen LogP contribution in [0.2, 0.25) is 0 Å². The highest BCUT2D eigenvalue weighted by Gasteiger charge is 2.25. The number of carbonyl (C=O) groups excluding carboxylic acids is 1. The number of benzene rings is 2. The second-order valence-electron chi connectivity index (χ2n) is 8.05. The van der Waals surface area contributed by atoms with Crippen LogP contribution in [0.4, 0.5) is 5.69 Å². The van der Waals surface area contributed by atoms with Crippen LogP contribution in [0.5, 0.6) is 0 Å². The lowest BCUT2D eigenvalue weighted by Crippen LogP contribution is -2.38. The molecule has 0 bridgehead atoms. The molecule has 32 heavy (non-hydrogen) atoms. The van der Waals surface area contributed by atoms with E-state index in [4.69, 9.17) is 0 Å². The lowest BCUT2D eigenvalue weighted by Gasteiger charge is -2.30. The van der Waals surface area contributed by atoms with Crippen LogP contribution in [0.15, 0.2) is 51.0 Å². The fourth-order valence-electron chi connectivity index (χ4n) is 3.81. The Kier molecular flexibility index (Phi) is 6.37. The monoisotopic (exact) mass is 491 g/mol. The second-order valence-corrected chi connectivity index (χ2v) is 11.6. The fraction of sp³-hybridized carbons (Fsp3) is 0.364. The standard InChI is InChI=1S/C22H25N3O4S3/c1-14-8-10-25(11-9-14)21(26)17-13-16(5-7-19(17)30-3)32(28,29)23-15-4-6-18-20(12-15)31-22(27)24(18)2/h4-7,12-14,23H,8-11H2,1-3H3. The highest BCUT2D eigenvalue weighted by molar-refractivity contribution is 7.98. The summed E-state index contributed by atoms with van der Waals surface area (Å²) in [5.74, 6) is 0.462. The number of sulfonamides is 1. The average molecular weight is 492 g/mol. The first-order valence-electron chi connectivity index (χ1n) is 10.3. The fourth-order valence-corrected chi connectivity index (χ4v) is 6.38. The van der Waals surface area contributed by atoms with E-state index < -0.39 is 10.0 Å². The number of amides is 1. The smallest absolute Gasteiger partial charge is 0.307 e. The summed E-state index contributed by atoms with van der Waals surface area (Å²) < 4.78 is 31.0. The van der Waals surface area contributed by atoms with E-state index in [1.165, 1.54) is 28.5 Å². The molecule has 0 spiro atoms. The Morgan fingerprint density at radius 2 is 1.88 bits per heavy atom. The predicted octanol–water partition coefficient (Wildman–Crippen LogP) is 3.99. The van der Waals surface area contributed by atoms with Crippen molar-refractivity contribution in [3.05, 3.63) is 51.6 Å². The molecule has 2 heterocycles. The maximum absolute atomic E-state index is 13.2. The van der Waals surface area contributed by atoms with Crippen molar-refractivity contribution in [2.24, 2.45) is 13.0 Å². The summed E-state index contributed by atoms with van der Waals surface area (Å²) in [6.45, 7) is 3.55. The Labute approximate surface area is 195 Å². The van der Waals surface area contributed by atoms with Gasteiger partial charge in [0.15, 0.2) is 0 Å². The van der Waals surface area contributed by atoms with E-state index in [1.807, 2.05) is 11.2 Å². The van der Waals surface area contributed by atoms with Gasteiger partial charge in [0.05, 0.1) is 26.4 Å². The van der Waals surface area contributed by atoms with Gasteiger partial charge >= 0.3 is 4.87 Å². The number of likely N-dealkylation sites (tertiary alicyclic amines) is 1. The highest BCUT2D eigenvalue weighted by Crippen LogP contribution is 2.29. The number of hydrogen-bond acceptors (Lipinski definition) is 6. The van der Waals surface area contributed by atoms with Crippen LogP contribution in [0.1, 0.15) is 30.1 Å². The lowest BCUT2D eigenvalue weighted by atomic mass is 9.98. The van der Waals surface area contributed by atoms with Gasteiger partial charge in [-0.3, -0.25) is 14.3 Å². The summed E-state index contributed by atoms with van der Waals surface area (Å²) in [7, 11) is -2.24. The molecule has 0 saturated carbocycles. The van der Waals surface area contributed by atoms with Gasteiger partial charge in [-0.25, -0.2) is 8.42 Å². The summed E-state index contributed by atoms with van der Waals surface area (Å²) in [6, 6.07) is 9.66. The summed E-state index contributed by atoms with van der Waals surface area (Å²) in [5.41, 5.74) is 1.52. The molecule has 1 fully saturated rings. The van der Waals surface area contributed by atoms with Crippen molar-refractivity contribution in [2.45, 2.75) is 29.6 Å². The number of piperidine rings is 1. The number of thiazole rings is 1. The van der Waals surface area contributed by atoms with Crippen LogP contribution in [-0.4, -0.2) is 43.1 Å². The Morgan fingerprint density at radius 3 is 2.56 bits per heavy atom. The third kappa shape index (κ3) is 4.44. The van der Waals surface area contributed by atoms with Gasteiger partial charge < -0.3 is 9.47 Å². The van der Waals surface area contributed by atoms with Crippen LogP contribution in [0.3, 0.4) is 0 Å². The molecular formula is C22H25N3O4S3. The van der Waals surface area contributed by atoms with Gasteiger partial charge in [-0.15, -0.1) is 11.8 Å². The Hall–Kier alpha value is -2.30. The van der Waals surface area contributed by atoms with E-state index >= 15 is 0 Å². The number of nitrogens with zero attached hydrogens (tertiary/aromatic N) is 2. The van der Waals surface area contributed by atoms with Gasteiger partial charge in [-0.1, -0.05) is 18.3 Å². The molecule has 1 aliphatic heterocycles. The molecule has 7 nitrogen and oxygen atoms in total. The minimum absolute atomic E-state index is 0.0328. The van der Waals surface area contributed by atoms with Gasteiger partial charge in [-0.2, -0.15) is 0 Å². The van der Waals surface area contributed by atoms with E-state index in [0.29, 0.717) is 35.0 Å². The topological polar surface area (TPSA) is 88.5 Å². The summed E-state index contributed by atoms with van der Waals surface area (Å²) >= 11 is 2.48. The third-order valence-electron chi connectivity index (χ3n) is 5.83. The Morgan fingerprint density at radius 1 is 1.16 bits per heavy atom. The van der Waals surface area contributed by atoms with Crippen LogP contribution in [-0.2, 0) is 17.1 Å². The number of aromatic nitrogens is 1. The van der Waals surface area contributed by atoms with Gasteiger partial charge in [0.25, 0.3) is 15.9 Å². The first-order chi connectivity index (χ1) is 15.2. The number of nitrogens with one attached hydrogen (secondary N) is 1. The van der Waals surface area contributed by atoms with Crippen LogP contribution < -0.4 is 9.60 Å². The van der Waals surface area contributed by atoms with E-state index in [-0.39, 0.29) is 15.7 Å². The van der Waals surface area contributed by atoms with Crippen molar-refractivity contribution in [1.82, 2.24) is 9.47 Å². The maximum atomic E-state index is 13.2. The lowest BCUT2D eigenvalue weighted by molar-refractivity contribution is 0.0693. The van der Waals surface area contributed by atoms with Gasteiger partial charge in [0.1, 0.15) is 0 Å². The molecule has 1 N–H and O–H groups in total. The first-order valence-corrected chi connectivity index (χ1v) is 13.8. The molecule has 1 aromatic heterocycles. The number of fused-ring (bicyclic) bond motifs is 1. The quantitative estimate of drug-likeness (QED) is 0.545. The van der Waals surface area contributed by atoms with Crippen LogP contribution in [0, 0.1) is 5.92 Å². The van der Waals surface area contributed by atoms with Crippen molar-refractivity contribution < 1.29 is 13.2 Å². The van der Waals surface area contributed by atoms with E-state index in [1.54, 1.807) is 31.3 Å². The summed E-state index contributed by atoms with van der Waals surface area (Å²) in [5, 5.41) is 0. The molecule has 0 atom stereocenters. The number of hydrogen-bond donors (Lipinski definition) is 1. The molecule has 1 aliphatic rings. The molecular weight excluding hydrogens is 466 g/mol. The second kappa shape index (κ2) is 8.92. The summed E-state index contributed by atoms with van der Waals surface area (Å²) in [4.78, 5) is 27.5. The van der Waals surface area contributed by atoms with E-state index in [2.05, 4.69) is 11.6 Å². The molecule has 0 unspecified atom stereocenters. The molecule has 3 aromatic rings. The minimum atomic E-state index is -3.92. The van der Waals surface area contributed by atoms with Crippen molar-refractivity contribution in [2.75, 3.05) is 24.1 Å². The molecule has 170 valence electrons. The molecule has 1 amide bonds. The van der Waals surface area contributed by atoms with Crippen LogP contribution >= 0.6 is 23.1 Å². The summed E-state index contributed by atoms with van der Waals surface area (Å²) in [6.07, 6.45) is 3.78. The number of rotatable bonds is 5. The zero-order valence-corrected chi connectivity index (χ0v) is 20.6. The van der Waals surface area contributed by atoms with E-state index in [0.717, 1.165) is 34.6 Å². The van der Waals surface area contributed by atoms with Gasteiger partial charge in [0, 0.05) is 25.0 Å². The Balaban J connectivity index is 1.64. The third-order valence-corrected chi connectivity index (χ3v) is 9.00. The number of carbonyl (C=O) groups is 1. The average Bonchev–Trinajstić information content (AvgIpc) is 3.05. The van der Waals surface area contributed by atoms with Crippen LogP contribution in [0.25, 0.3) is 10.2 Å². The predicted molar refractivity (Wildman–Crippen MR) is 130 cm³/mol.